The number of thiocarbonyl (C=S) groups is 1. The summed E-state index contributed by atoms with van der Waals surface area (Å²) in [6, 6.07) is 14.4. The zero-order valence-electron chi connectivity index (χ0n) is 19.4. The van der Waals surface area contributed by atoms with Crippen molar-refractivity contribution in [3.63, 3.8) is 0 Å². The highest BCUT2D eigenvalue weighted by Gasteiger charge is 2.21. The van der Waals surface area contributed by atoms with Crippen LogP contribution in [-0.2, 0) is 4.79 Å². The molecule has 1 fully saturated rings. The Bertz CT molecular complexity index is 971. The summed E-state index contributed by atoms with van der Waals surface area (Å²) in [6.45, 7) is 4.80. The van der Waals surface area contributed by atoms with Crippen LogP contribution in [0.25, 0.3) is 0 Å². The lowest BCUT2D eigenvalue weighted by molar-refractivity contribution is -0.120. The first-order valence-electron chi connectivity index (χ1n) is 11.7. The Labute approximate surface area is 201 Å². The average molecular weight is 468 g/mol. The molecule has 176 valence electrons. The molecule has 1 saturated carbocycles. The summed E-state index contributed by atoms with van der Waals surface area (Å²) in [5.74, 6) is 0.863. The van der Waals surface area contributed by atoms with Gasteiger partial charge >= 0.3 is 0 Å². The Balaban J connectivity index is 1.56. The SMILES string of the molecule is CC(C)CCOc1ccccc1C(=O)NC(=S)Nc1cccc(NC(=O)C2CCCCC2)c1. The molecule has 0 heterocycles. The predicted molar refractivity (Wildman–Crippen MR) is 137 cm³/mol. The number of carbonyl (C=O) groups is 2. The number of benzene rings is 2. The van der Waals surface area contributed by atoms with Crippen LogP contribution in [0.15, 0.2) is 48.5 Å². The molecule has 7 heteroatoms. The highest BCUT2D eigenvalue weighted by atomic mass is 32.1. The van der Waals surface area contributed by atoms with Crippen LogP contribution in [0.4, 0.5) is 11.4 Å². The molecule has 1 aliphatic carbocycles. The van der Waals surface area contributed by atoms with E-state index in [1.54, 1.807) is 18.2 Å². The van der Waals surface area contributed by atoms with Gasteiger partial charge in [0.2, 0.25) is 5.91 Å². The quantitative estimate of drug-likeness (QED) is 0.430. The molecule has 6 nitrogen and oxygen atoms in total. The van der Waals surface area contributed by atoms with Gasteiger partial charge in [0.1, 0.15) is 5.75 Å². The van der Waals surface area contributed by atoms with E-state index >= 15 is 0 Å². The van der Waals surface area contributed by atoms with Crippen molar-refractivity contribution < 1.29 is 14.3 Å². The van der Waals surface area contributed by atoms with Gasteiger partial charge in [0, 0.05) is 17.3 Å². The third kappa shape index (κ3) is 7.86. The molecule has 0 saturated heterocycles. The fourth-order valence-electron chi connectivity index (χ4n) is 3.80. The van der Waals surface area contributed by atoms with Crippen LogP contribution in [0.2, 0.25) is 0 Å². The van der Waals surface area contributed by atoms with Gasteiger partial charge < -0.3 is 15.4 Å². The molecule has 0 aromatic heterocycles. The minimum atomic E-state index is -0.339. The van der Waals surface area contributed by atoms with Gasteiger partial charge in [0.15, 0.2) is 5.11 Å². The summed E-state index contributed by atoms with van der Waals surface area (Å²) in [4.78, 5) is 25.3. The summed E-state index contributed by atoms with van der Waals surface area (Å²) in [6.07, 6.45) is 6.23. The molecule has 2 amide bonds. The molecule has 0 spiro atoms. The van der Waals surface area contributed by atoms with Crippen LogP contribution in [0.5, 0.6) is 5.75 Å². The molecule has 0 radical (unpaired) electrons. The second kappa shape index (κ2) is 12.3. The second-order valence-corrected chi connectivity index (χ2v) is 9.25. The smallest absolute Gasteiger partial charge is 0.261 e. The molecular weight excluding hydrogens is 434 g/mol. The van der Waals surface area contributed by atoms with E-state index in [1.807, 2.05) is 30.3 Å². The van der Waals surface area contributed by atoms with E-state index in [0.29, 0.717) is 35.2 Å². The van der Waals surface area contributed by atoms with Gasteiger partial charge in [-0.05, 0) is 67.7 Å². The summed E-state index contributed by atoms with van der Waals surface area (Å²) in [7, 11) is 0. The van der Waals surface area contributed by atoms with Gasteiger partial charge in [-0.25, -0.2) is 0 Å². The van der Waals surface area contributed by atoms with E-state index in [2.05, 4.69) is 29.8 Å². The number of hydrogen-bond donors (Lipinski definition) is 3. The lowest BCUT2D eigenvalue weighted by atomic mass is 9.88. The summed E-state index contributed by atoms with van der Waals surface area (Å²) in [5, 5.41) is 8.91. The Kier molecular flexibility index (Phi) is 9.24. The molecule has 0 atom stereocenters. The Morgan fingerprint density at radius 1 is 1.00 bits per heavy atom. The zero-order chi connectivity index (χ0) is 23.6. The molecular formula is C26H33N3O3S. The zero-order valence-corrected chi connectivity index (χ0v) is 20.2. The lowest BCUT2D eigenvalue weighted by Gasteiger charge is -2.21. The first-order chi connectivity index (χ1) is 15.9. The first-order valence-corrected chi connectivity index (χ1v) is 12.1. The van der Waals surface area contributed by atoms with Gasteiger partial charge in [-0.15, -0.1) is 0 Å². The maximum Gasteiger partial charge on any atom is 0.261 e. The van der Waals surface area contributed by atoms with E-state index in [4.69, 9.17) is 17.0 Å². The maximum atomic E-state index is 12.8. The summed E-state index contributed by atoms with van der Waals surface area (Å²) < 4.78 is 5.81. The van der Waals surface area contributed by atoms with Crippen LogP contribution in [-0.4, -0.2) is 23.5 Å². The Morgan fingerprint density at radius 3 is 2.42 bits per heavy atom. The largest absolute Gasteiger partial charge is 0.493 e. The second-order valence-electron chi connectivity index (χ2n) is 8.84. The van der Waals surface area contributed by atoms with Crippen LogP contribution >= 0.6 is 12.2 Å². The molecule has 33 heavy (non-hydrogen) atoms. The number of amides is 2. The highest BCUT2D eigenvalue weighted by molar-refractivity contribution is 7.80. The molecule has 0 bridgehead atoms. The van der Waals surface area contributed by atoms with Crippen LogP contribution < -0.4 is 20.7 Å². The van der Waals surface area contributed by atoms with Crippen molar-refractivity contribution in [3.05, 3.63) is 54.1 Å². The number of rotatable bonds is 8. The molecule has 1 aliphatic rings. The number of ether oxygens (including phenoxy) is 1. The molecule has 2 aromatic carbocycles. The van der Waals surface area contributed by atoms with Gasteiger partial charge in [0.05, 0.1) is 12.2 Å². The first kappa shape index (κ1) is 24.7. The number of anilines is 2. The number of carbonyl (C=O) groups excluding carboxylic acids is 2. The van der Waals surface area contributed by atoms with E-state index in [9.17, 15) is 9.59 Å². The number of nitrogens with one attached hydrogen (secondary N) is 3. The normalized spacial score (nSPS) is 13.9. The van der Waals surface area contributed by atoms with E-state index < -0.39 is 0 Å². The molecule has 3 rings (SSSR count). The summed E-state index contributed by atoms with van der Waals surface area (Å²) in [5.41, 5.74) is 1.82. The number of para-hydroxylation sites is 1. The molecule has 3 N–H and O–H groups in total. The Hall–Kier alpha value is -2.93. The maximum absolute atomic E-state index is 12.8. The van der Waals surface area contributed by atoms with Gasteiger partial charge in [0.25, 0.3) is 5.91 Å². The van der Waals surface area contributed by atoms with Crippen molar-refractivity contribution in [2.75, 3.05) is 17.2 Å². The van der Waals surface area contributed by atoms with Crippen molar-refractivity contribution >= 4 is 40.5 Å². The fraction of sp³-hybridized carbons (Fsp3) is 0.423. The van der Waals surface area contributed by atoms with E-state index in [1.165, 1.54) is 6.42 Å². The van der Waals surface area contributed by atoms with Crippen LogP contribution in [0, 0.1) is 11.8 Å². The van der Waals surface area contributed by atoms with Crippen molar-refractivity contribution in [3.8, 4) is 5.75 Å². The van der Waals surface area contributed by atoms with Crippen molar-refractivity contribution in [2.24, 2.45) is 11.8 Å². The minimum absolute atomic E-state index is 0.0665. The van der Waals surface area contributed by atoms with Gasteiger partial charge in [-0.2, -0.15) is 0 Å². The molecule has 2 aromatic rings. The molecule has 0 aliphatic heterocycles. The Morgan fingerprint density at radius 2 is 1.70 bits per heavy atom. The van der Waals surface area contributed by atoms with Crippen molar-refractivity contribution in [1.29, 1.82) is 0 Å². The van der Waals surface area contributed by atoms with E-state index in [0.717, 1.165) is 32.1 Å². The third-order valence-corrected chi connectivity index (χ3v) is 5.88. The van der Waals surface area contributed by atoms with Gasteiger partial charge in [-0.1, -0.05) is 51.3 Å². The lowest BCUT2D eigenvalue weighted by Crippen LogP contribution is -2.34. The fourth-order valence-corrected chi connectivity index (χ4v) is 4.01. The molecule has 0 unspecified atom stereocenters. The third-order valence-electron chi connectivity index (χ3n) is 5.68. The van der Waals surface area contributed by atoms with E-state index in [-0.39, 0.29) is 22.8 Å². The highest BCUT2D eigenvalue weighted by Crippen LogP contribution is 2.25. The van der Waals surface area contributed by atoms with Crippen molar-refractivity contribution in [1.82, 2.24) is 5.32 Å². The topological polar surface area (TPSA) is 79.5 Å². The average Bonchev–Trinajstić information content (AvgIpc) is 2.80. The van der Waals surface area contributed by atoms with Crippen LogP contribution in [0.3, 0.4) is 0 Å². The van der Waals surface area contributed by atoms with Gasteiger partial charge in [-0.3, -0.25) is 14.9 Å². The van der Waals surface area contributed by atoms with Crippen molar-refractivity contribution in [2.45, 2.75) is 52.4 Å². The monoisotopic (exact) mass is 467 g/mol. The standard InChI is InChI=1S/C26H33N3O3S/c1-18(2)15-16-32-23-14-7-6-13-22(23)25(31)29-26(33)28-21-12-8-11-20(17-21)27-24(30)19-9-4-3-5-10-19/h6-8,11-14,17-19H,3-5,9-10,15-16H2,1-2H3,(H,27,30)(H2,28,29,31,33). The minimum Gasteiger partial charge on any atom is -0.493 e. The van der Waals surface area contributed by atoms with Crippen LogP contribution in [0.1, 0.15) is 62.7 Å². The number of hydrogen-bond acceptors (Lipinski definition) is 4. The summed E-state index contributed by atoms with van der Waals surface area (Å²) >= 11 is 5.34. The predicted octanol–water partition coefficient (Wildman–Crippen LogP) is 5.76.